The lowest BCUT2D eigenvalue weighted by atomic mass is 10.0. The van der Waals surface area contributed by atoms with Crippen LogP contribution >= 0.6 is 15.9 Å². The maximum absolute atomic E-state index is 10.4. The maximum atomic E-state index is 10.4. The van der Waals surface area contributed by atoms with Gasteiger partial charge in [0.05, 0.1) is 0 Å². The van der Waals surface area contributed by atoms with Gasteiger partial charge in [0.15, 0.2) is 0 Å². The summed E-state index contributed by atoms with van der Waals surface area (Å²) in [5, 5.41) is 2.97. The largest absolute Gasteiger partial charge is 0.145 e. The summed E-state index contributed by atoms with van der Waals surface area (Å²) < 4.78 is 0.953. The topological polar surface area (TPSA) is 29.4 Å². The van der Waals surface area contributed by atoms with E-state index in [1.807, 2.05) is 26.0 Å². The molecule has 0 N–H and O–H groups in total. The van der Waals surface area contributed by atoms with Crippen LogP contribution in [-0.4, -0.2) is 0 Å². The molecular formula is C9H10BrNO. The molecule has 2 nitrogen and oxygen atoms in total. The first-order valence-corrected chi connectivity index (χ1v) is 4.58. The highest BCUT2D eigenvalue weighted by Gasteiger charge is 2.09. The van der Waals surface area contributed by atoms with Gasteiger partial charge in [-0.05, 0) is 28.8 Å². The van der Waals surface area contributed by atoms with E-state index in [9.17, 15) is 4.91 Å². The Morgan fingerprint density at radius 3 is 2.50 bits per heavy atom. The van der Waals surface area contributed by atoms with Crippen molar-refractivity contribution in [2.24, 2.45) is 5.18 Å². The zero-order valence-electron chi connectivity index (χ0n) is 7.04. The van der Waals surface area contributed by atoms with Crippen LogP contribution in [0.1, 0.15) is 25.3 Å². The molecule has 0 saturated heterocycles. The molecule has 0 unspecified atom stereocenters. The van der Waals surface area contributed by atoms with E-state index in [0.717, 1.165) is 10.0 Å². The van der Waals surface area contributed by atoms with Crippen LogP contribution in [0.5, 0.6) is 0 Å². The van der Waals surface area contributed by atoms with Gasteiger partial charge >= 0.3 is 0 Å². The number of hydrogen-bond acceptors (Lipinski definition) is 2. The smallest absolute Gasteiger partial charge is 0.112 e. The summed E-state index contributed by atoms with van der Waals surface area (Å²) in [4.78, 5) is 10.4. The predicted molar refractivity (Wildman–Crippen MR) is 53.7 cm³/mol. The lowest BCUT2D eigenvalue weighted by Crippen LogP contribution is -1.89. The standard InChI is InChI=1S/C9H10BrNO/c1-6(2)9-7(10)4-3-5-8(9)11-12/h3-6H,1-2H3. The van der Waals surface area contributed by atoms with Crippen molar-refractivity contribution in [3.8, 4) is 0 Å². The SMILES string of the molecule is CC(C)c1c(Br)cccc1N=O. The van der Waals surface area contributed by atoms with Gasteiger partial charge in [0.2, 0.25) is 0 Å². The molecule has 3 heteroatoms. The maximum Gasteiger partial charge on any atom is 0.112 e. The quantitative estimate of drug-likeness (QED) is 0.704. The van der Waals surface area contributed by atoms with Gasteiger partial charge in [0.1, 0.15) is 5.69 Å². The molecule has 0 aliphatic heterocycles. The number of hydrogen-bond donors (Lipinski definition) is 0. The van der Waals surface area contributed by atoms with E-state index in [2.05, 4.69) is 21.1 Å². The predicted octanol–water partition coefficient (Wildman–Crippen LogP) is 3.97. The number of halogens is 1. The van der Waals surface area contributed by atoms with Crippen LogP contribution < -0.4 is 0 Å². The Bertz CT molecular complexity index is 297. The van der Waals surface area contributed by atoms with Crippen LogP contribution in [0.4, 0.5) is 5.69 Å². The highest BCUT2D eigenvalue weighted by atomic mass is 79.9. The van der Waals surface area contributed by atoms with Crippen LogP contribution in [-0.2, 0) is 0 Å². The van der Waals surface area contributed by atoms with E-state index in [4.69, 9.17) is 0 Å². The molecule has 1 aromatic carbocycles. The average molecular weight is 228 g/mol. The molecule has 1 aromatic rings. The Kier molecular flexibility index (Phi) is 2.98. The summed E-state index contributed by atoms with van der Waals surface area (Å²) in [5.41, 5.74) is 1.51. The third-order valence-corrected chi connectivity index (χ3v) is 2.40. The van der Waals surface area contributed by atoms with Crippen molar-refractivity contribution in [1.82, 2.24) is 0 Å². The molecule has 0 spiro atoms. The van der Waals surface area contributed by atoms with Crippen LogP contribution in [0.2, 0.25) is 0 Å². The lowest BCUT2D eigenvalue weighted by molar-refractivity contribution is 0.861. The minimum Gasteiger partial charge on any atom is -0.145 e. The van der Waals surface area contributed by atoms with Crippen LogP contribution in [0, 0.1) is 4.91 Å². The minimum atomic E-state index is 0.313. The fourth-order valence-electron chi connectivity index (χ4n) is 1.18. The van der Waals surface area contributed by atoms with Gasteiger partial charge in [0.25, 0.3) is 0 Å². The van der Waals surface area contributed by atoms with E-state index >= 15 is 0 Å². The minimum absolute atomic E-state index is 0.313. The lowest BCUT2D eigenvalue weighted by Gasteiger charge is -2.08. The average Bonchev–Trinajstić information content (AvgIpc) is 2.03. The summed E-state index contributed by atoms with van der Waals surface area (Å²) in [6.45, 7) is 4.07. The second kappa shape index (κ2) is 3.81. The number of nitrogens with zero attached hydrogens (tertiary/aromatic N) is 1. The van der Waals surface area contributed by atoms with Gasteiger partial charge in [0, 0.05) is 4.47 Å². The highest BCUT2D eigenvalue weighted by Crippen LogP contribution is 2.32. The van der Waals surface area contributed by atoms with E-state index in [1.54, 1.807) is 6.07 Å². The van der Waals surface area contributed by atoms with E-state index in [0.29, 0.717) is 11.6 Å². The molecule has 0 aromatic heterocycles. The molecular weight excluding hydrogens is 218 g/mol. The molecule has 0 radical (unpaired) electrons. The molecule has 0 fully saturated rings. The Labute approximate surface area is 80.1 Å². The first kappa shape index (κ1) is 9.39. The molecule has 0 aliphatic carbocycles. The van der Waals surface area contributed by atoms with E-state index in [1.165, 1.54) is 0 Å². The number of rotatable bonds is 2. The van der Waals surface area contributed by atoms with Crippen molar-refractivity contribution < 1.29 is 0 Å². The third kappa shape index (κ3) is 1.72. The third-order valence-electron chi connectivity index (χ3n) is 1.71. The van der Waals surface area contributed by atoms with Gasteiger partial charge in [-0.25, -0.2) is 0 Å². The summed E-state index contributed by atoms with van der Waals surface area (Å²) in [6.07, 6.45) is 0. The summed E-state index contributed by atoms with van der Waals surface area (Å²) in [6, 6.07) is 5.46. The Balaban J connectivity index is 3.29. The van der Waals surface area contributed by atoms with Gasteiger partial charge in [-0.1, -0.05) is 35.8 Å². The van der Waals surface area contributed by atoms with Crippen LogP contribution in [0.25, 0.3) is 0 Å². The summed E-state index contributed by atoms with van der Waals surface area (Å²) in [5.74, 6) is 0.313. The monoisotopic (exact) mass is 227 g/mol. The van der Waals surface area contributed by atoms with Gasteiger partial charge in [-0.15, -0.1) is 4.91 Å². The molecule has 0 saturated carbocycles. The Hall–Kier alpha value is -0.700. The number of benzene rings is 1. The normalized spacial score (nSPS) is 10.3. The van der Waals surface area contributed by atoms with Crippen molar-refractivity contribution in [2.75, 3.05) is 0 Å². The molecule has 0 aliphatic rings. The molecule has 0 bridgehead atoms. The van der Waals surface area contributed by atoms with Gasteiger partial charge in [-0.3, -0.25) is 0 Å². The van der Waals surface area contributed by atoms with Crippen LogP contribution in [0.15, 0.2) is 27.8 Å². The van der Waals surface area contributed by atoms with Crippen molar-refractivity contribution in [2.45, 2.75) is 19.8 Å². The van der Waals surface area contributed by atoms with E-state index in [-0.39, 0.29) is 0 Å². The second-order valence-electron chi connectivity index (χ2n) is 2.92. The van der Waals surface area contributed by atoms with E-state index < -0.39 is 0 Å². The molecule has 1 rings (SSSR count). The first-order valence-electron chi connectivity index (χ1n) is 3.78. The molecule has 64 valence electrons. The zero-order valence-corrected chi connectivity index (χ0v) is 8.63. The molecule has 12 heavy (non-hydrogen) atoms. The molecule has 0 amide bonds. The zero-order chi connectivity index (χ0) is 9.14. The summed E-state index contributed by atoms with van der Waals surface area (Å²) >= 11 is 3.39. The first-order chi connectivity index (χ1) is 5.66. The van der Waals surface area contributed by atoms with Crippen molar-refractivity contribution in [3.05, 3.63) is 33.1 Å². The Morgan fingerprint density at radius 1 is 1.42 bits per heavy atom. The number of nitroso groups, excluding NO2 is 1. The summed E-state index contributed by atoms with van der Waals surface area (Å²) in [7, 11) is 0. The molecule has 0 heterocycles. The highest BCUT2D eigenvalue weighted by molar-refractivity contribution is 9.10. The Morgan fingerprint density at radius 2 is 2.08 bits per heavy atom. The van der Waals surface area contributed by atoms with Crippen molar-refractivity contribution >= 4 is 21.6 Å². The van der Waals surface area contributed by atoms with Crippen molar-refractivity contribution in [3.63, 3.8) is 0 Å². The fraction of sp³-hybridized carbons (Fsp3) is 0.333. The molecule has 0 atom stereocenters. The van der Waals surface area contributed by atoms with Crippen molar-refractivity contribution in [1.29, 1.82) is 0 Å². The van der Waals surface area contributed by atoms with Gasteiger partial charge in [-0.2, -0.15) is 0 Å². The van der Waals surface area contributed by atoms with Crippen LogP contribution in [0.3, 0.4) is 0 Å². The fourth-order valence-corrected chi connectivity index (χ4v) is 1.99. The van der Waals surface area contributed by atoms with Gasteiger partial charge < -0.3 is 0 Å². The second-order valence-corrected chi connectivity index (χ2v) is 3.77.